The number of aliphatic hydroxyl groups excluding tert-OH is 1. The quantitative estimate of drug-likeness (QED) is 0.539. The van der Waals surface area contributed by atoms with Crippen molar-refractivity contribution in [3.05, 3.63) is 58.7 Å². The van der Waals surface area contributed by atoms with Crippen LogP contribution in [0, 0.1) is 0 Å². The van der Waals surface area contributed by atoms with Gasteiger partial charge in [0, 0.05) is 19.1 Å². The Balaban J connectivity index is 1.76. The standard InChI is InChI=1S/C22H24O7/c1-22(12-23)17(29-22)10-14-16(25-2)9-15-18(21(26-3)28-20(15)24)19(14)27-11-13-7-5-4-6-8-13/h4-9,17,21,23H,10-12H2,1-3H3/t17-,21?,22+/m1/s1. The lowest BCUT2D eigenvalue weighted by molar-refractivity contribution is -0.0826. The third kappa shape index (κ3) is 3.57. The first-order valence-electron chi connectivity index (χ1n) is 9.43. The zero-order chi connectivity index (χ0) is 20.6. The first kappa shape index (κ1) is 19.7. The fourth-order valence-corrected chi connectivity index (χ4v) is 3.62. The van der Waals surface area contributed by atoms with E-state index < -0.39 is 17.9 Å². The van der Waals surface area contributed by atoms with Gasteiger partial charge in [-0.05, 0) is 18.6 Å². The summed E-state index contributed by atoms with van der Waals surface area (Å²) in [5.74, 6) is 0.525. The number of ether oxygens (including phenoxy) is 5. The molecule has 0 spiro atoms. The normalized spacial score (nSPS) is 24.8. The number of fused-ring (bicyclic) bond motifs is 1. The molecule has 7 heteroatoms. The largest absolute Gasteiger partial charge is 0.496 e. The molecule has 1 fully saturated rings. The van der Waals surface area contributed by atoms with Crippen LogP contribution in [0.1, 0.15) is 40.3 Å². The average Bonchev–Trinajstić information content (AvgIpc) is 3.28. The van der Waals surface area contributed by atoms with Crippen LogP contribution in [0.5, 0.6) is 11.5 Å². The minimum Gasteiger partial charge on any atom is -0.496 e. The Labute approximate surface area is 169 Å². The molecule has 0 amide bonds. The Morgan fingerprint density at radius 2 is 1.97 bits per heavy atom. The van der Waals surface area contributed by atoms with E-state index in [1.54, 1.807) is 13.2 Å². The van der Waals surface area contributed by atoms with Crippen LogP contribution in [0.25, 0.3) is 0 Å². The van der Waals surface area contributed by atoms with E-state index in [2.05, 4.69) is 0 Å². The number of carbonyl (C=O) groups is 1. The summed E-state index contributed by atoms with van der Waals surface area (Å²) in [6.07, 6.45) is -0.572. The summed E-state index contributed by atoms with van der Waals surface area (Å²) in [5.41, 5.74) is 2.06. The first-order chi connectivity index (χ1) is 14.0. The Morgan fingerprint density at radius 1 is 1.21 bits per heavy atom. The van der Waals surface area contributed by atoms with Gasteiger partial charge in [-0.25, -0.2) is 4.79 Å². The lowest BCUT2D eigenvalue weighted by Gasteiger charge is -2.20. The molecule has 3 atom stereocenters. The van der Waals surface area contributed by atoms with Gasteiger partial charge in [-0.15, -0.1) is 0 Å². The van der Waals surface area contributed by atoms with E-state index >= 15 is 0 Å². The topological polar surface area (TPSA) is 86.8 Å². The summed E-state index contributed by atoms with van der Waals surface area (Å²) in [4.78, 5) is 12.4. The van der Waals surface area contributed by atoms with Crippen molar-refractivity contribution in [1.82, 2.24) is 0 Å². The van der Waals surface area contributed by atoms with E-state index in [0.717, 1.165) is 11.1 Å². The second-order valence-corrected chi connectivity index (χ2v) is 7.38. The number of hydrogen-bond acceptors (Lipinski definition) is 7. The van der Waals surface area contributed by atoms with Gasteiger partial charge in [-0.3, -0.25) is 0 Å². The Kier molecular flexibility index (Phi) is 5.21. The van der Waals surface area contributed by atoms with E-state index in [1.165, 1.54) is 7.11 Å². The van der Waals surface area contributed by atoms with Gasteiger partial charge >= 0.3 is 5.97 Å². The molecule has 0 aromatic heterocycles. The van der Waals surface area contributed by atoms with Crippen molar-refractivity contribution >= 4 is 5.97 Å². The smallest absolute Gasteiger partial charge is 0.341 e. The number of carbonyl (C=O) groups excluding carboxylic acids is 1. The molecular weight excluding hydrogens is 376 g/mol. The fourth-order valence-electron chi connectivity index (χ4n) is 3.62. The molecule has 2 aliphatic rings. The zero-order valence-electron chi connectivity index (χ0n) is 16.6. The lowest BCUT2D eigenvalue weighted by Crippen LogP contribution is -2.17. The molecule has 4 rings (SSSR count). The predicted molar refractivity (Wildman–Crippen MR) is 103 cm³/mol. The van der Waals surface area contributed by atoms with Gasteiger partial charge < -0.3 is 28.8 Å². The van der Waals surface area contributed by atoms with Crippen molar-refractivity contribution in [3.63, 3.8) is 0 Å². The number of cyclic esters (lactones) is 1. The number of esters is 1. The second kappa shape index (κ2) is 7.67. The van der Waals surface area contributed by atoms with Crippen molar-refractivity contribution in [3.8, 4) is 11.5 Å². The van der Waals surface area contributed by atoms with Crippen molar-refractivity contribution in [2.24, 2.45) is 0 Å². The molecule has 29 heavy (non-hydrogen) atoms. The summed E-state index contributed by atoms with van der Waals surface area (Å²) in [6, 6.07) is 11.4. The van der Waals surface area contributed by atoms with Crippen LogP contribution in [-0.4, -0.2) is 43.6 Å². The van der Waals surface area contributed by atoms with E-state index in [1.807, 2.05) is 37.3 Å². The van der Waals surface area contributed by atoms with Crippen LogP contribution in [0.4, 0.5) is 0 Å². The highest BCUT2D eigenvalue weighted by Gasteiger charge is 2.52. The molecule has 1 unspecified atom stereocenters. The highest BCUT2D eigenvalue weighted by Crippen LogP contribution is 2.48. The molecular formula is C22H24O7. The van der Waals surface area contributed by atoms with E-state index in [-0.39, 0.29) is 12.7 Å². The van der Waals surface area contributed by atoms with E-state index in [0.29, 0.717) is 35.7 Å². The van der Waals surface area contributed by atoms with Crippen LogP contribution < -0.4 is 9.47 Å². The summed E-state index contributed by atoms with van der Waals surface area (Å²) in [7, 11) is 3.02. The van der Waals surface area contributed by atoms with Crippen molar-refractivity contribution < 1.29 is 33.6 Å². The van der Waals surface area contributed by atoms with Crippen LogP contribution in [-0.2, 0) is 27.2 Å². The lowest BCUT2D eigenvalue weighted by atomic mass is 9.95. The van der Waals surface area contributed by atoms with Gasteiger partial charge in [0.05, 0.1) is 30.9 Å². The highest BCUT2D eigenvalue weighted by atomic mass is 16.7. The first-order valence-corrected chi connectivity index (χ1v) is 9.43. The molecule has 0 radical (unpaired) electrons. The van der Waals surface area contributed by atoms with E-state index in [9.17, 15) is 9.90 Å². The van der Waals surface area contributed by atoms with Crippen LogP contribution in [0.3, 0.4) is 0 Å². The zero-order valence-corrected chi connectivity index (χ0v) is 16.6. The van der Waals surface area contributed by atoms with Crippen molar-refractivity contribution in [1.29, 1.82) is 0 Å². The number of methoxy groups -OCH3 is 2. The van der Waals surface area contributed by atoms with Crippen LogP contribution >= 0.6 is 0 Å². The molecule has 154 valence electrons. The van der Waals surface area contributed by atoms with Crippen LogP contribution in [0.2, 0.25) is 0 Å². The number of aliphatic hydroxyl groups is 1. The second-order valence-electron chi connectivity index (χ2n) is 7.38. The minimum atomic E-state index is -0.850. The number of hydrogen-bond donors (Lipinski definition) is 1. The molecule has 1 N–H and O–H groups in total. The van der Waals surface area contributed by atoms with Crippen LogP contribution in [0.15, 0.2) is 36.4 Å². The molecule has 2 aliphatic heterocycles. The van der Waals surface area contributed by atoms with Crippen molar-refractivity contribution in [2.45, 2.75) is 37.9 Å². The van der Waals surface area contributed by atoms with Gasteiger partial charge in [-0.1, -0.05) is 30.3 Å². The summed E-state index contributed by atoms with van der Waals surface area (Å²) >= 11 is 0. The molecule has 0 bridgehead atoms. The molecule has 2 heterocycles. The maximum Gasteiger partial charge on any atom is 0.341 e. The maximum absolute atomic E-state index is 12.4. The highest BCUT2D eigenvalue weighted by molar-refractivity contribution is 5.96. The monoisotopic (exact) mass is 400 g/mol. The Morgan fingerprint density at radius 3 is 2.59 bits per heavy atom. The Hall–Kier alpha value is -2.61. The van der Waals surface area contributed by atoms with Crippen molar-refractivity contribution in [2.75, 3.05) is 20.8 Å². The summed E-state index contributed by atoms with van der Waals surface area (Å²) < 4.78 is 28.2. The predicted octanol–water partition coefficient (Wildman–Crippen LogP) is 2.78. The fraction of sp³-hybridized carbons (Fsp3) is 0.409. The molecule has 0 aliphatic carbocycles. The van der Waals surface area contributed by atoms with Gasteiger partial charge in [-0.2, -0.15) is 0 Å². The minimum absolute atomic E-state index is 0.0760. The molecule has 2 aromatic carbocycles. The molecule has 7 nitrogen and oxygen atoms in total. The number of benzene rings is 2. The Bertz CT molecular complexity index is 911. The number of rotatable bonds is 8. The number of epoxide rings is 1. The van der Waals surface area contributed by atoms with Gasteiger partial charge in [0.25, 0.3) is 0 Å². The molecule has 0 saturated carbocycles. The van der Waals surface area contributed by atoms with Gasteiger partial charge in [0.15, 0.2) is 0 Å². The molecule has 2 aromatic rings. The summed E-state index contributed by atoms with van der Waals surface area (Å²) in [6.45, 7) is 2.08. The molecule has 1 saturated heterocycles. The SMILES string of the molecule is COc1cc2c(c(OCc3ccccc3)c1C[C@H]1O[C@@]1(C)CO)C(OC)OC2=O. The average molecular weight is 400 g/mol. The van der Waals surface area contributed by atoms with Gasteiger partial charge in [0.1, 0.15) is 23.7 Å². The third-order valence-electron chi connectivity index (χ3n) is 5.45. The van der Waals surface area contributed by atoms with E-state index in [4.69, 9.17) is 23.7 Å². The van der Waals surface area contributed by atoms with Gasteiger partial charge in [0.2, 0.25) is 6.29 Å². The summed E-state index contributed by atoms with van der Waals surface area (Å²) in [5, 5.41) is 9.56. The third-order valence-corrected chi connectivity index (χ3v) is 5.45. The maximum atomic E-state index is 12.4.